The van der Waals surface area contributed by atoms with Crippen LogP contribution in [0.1, 0.15) is 16.7 Å². The molecule has 21 heavy (non-hydrogen) atoms. The van der Waals surface area contributed by atoms with E-state index in [0.29, 0.717) is 0 Å². The molecule has 5 nitrogen and oxygen atoms in total. The van der Waals surface area contributed by atoms with Crippen molar-refractivity contribution in [2.24, 2.45) is 10.9 Å². The fourth-order valence-corrected chi connectivity index (χ4v) is 2.38. The number of aryl methyl sites for hydroxylation is 1. The summed E-state index contributed by atoms with van der Waals surface area (Å²) in [4.78, 5) is 6.15. The molecule has 0 aliphatic heterocycles. The van der Waals surface area contributed by atoms with Crippen LogP contribution in [0.4, 0.5) is 5.69 Å². The van der Waals surface area contributed by atoms with Gasteiger partial charge in [-0.25, -0.2) is 0 Å². The van der Waals surface area contributed by atoms with Crippen LogP contribution in [0.2, 0.25) is 0 Å². The summed E-state index contributed by atoms with van der Waals surface area (Å²) in [5.41, 5.74) is 9.83. The van der Waals surface area contributed by atoms with Crippen molar-refractivity contribution in [1.29, 1.82) is 0 Å². The van der Waals surface area contributed by atoms with Gasteiger partial charge in [-0.15, -0.1) is 0 Å². The SMILES string of the molecule is Cc1cccc(/C(N)=N/O)c1N(C)CCc1ccncc1. The summed E-state index contributed by atoms with van der Waals surface area (Å²) in [5.74, 6) is 0.129. The summed E-state index contributed by atoms with van der Waals surface area (Å²) in [6.45, 7) is 2.85. The van der Waals surface area contributed by atoms with Crippen LogP contribution in [0.5, 0.6) is 0 Å². The highest BCUT2D eigenvalue weighted by atomic mass is 16.4. The minimum Gasteiger partial charge on any atom is -0.409 e. The first-order valence-electron chi connectivity index (χ1n) is 6.81. The van der Waals surface area contributed by atoms with Crippen LogP contribution in [0.3, 0.4) is 0 Å². The summed E-state index contributed by atoms with van der Waals surface area (Å²) < 4.78 is 0. The lowest BCUT2D eigenvalue weighted by molar-refractivity contribution is 0.318. The van der Waals surface area contributed by atoms with Gasteiger partial charge >= 0.3 is 0 Å². The number of hydrogen-bond donors (Lipinski definition) is 2. The van der Waals surface area contributed by atoms with Crippen molar-refractivity contribution in [3.8, 4) is 0 Å². The molecule has 0 amide bonds. The van der Waals surface area contributed by atoms with Gasteiger partial charge in [0.1, 0.15) is 0 Å². The fraction of sp³-hybridized carbons (Fsp3) is 0.250. The summed E-state index contributed by atoms with van der Waals surface area (Å²) >= 11 is 0. The number of amidine groups is 1. The first kappa shape index (κ1) is 14.8. The number of anilines is 1. The van der Waals surface area contributed by atoms with Crippen LogP contribution >= 0.6 is 0 Å². The first-order chi connectivity index (χ1) is 10.1. The zero-order valence-corrected chi connectivity index (χ0v) is 12.3. The number of nitrogens with zero attached hydrogens (tertiary/aromatic N) is 3. The van der Waals surface area contributed by atoms with Gasteiger partial charge in [-0.2, -0.15) is 0 Å². The molecule has 5 heteroatoms. The molecule has 2 aromatic rings. The van der Waals surface area contributed by atoms with Gasteiger partial charge in [-0.05, 0) is 42.7 Å². The topological polar surface area (TPSA) is 74.7 Å². The van der Waals surface area contributed by atoms with Crippen molar-refractivity contribution in [3.05, 3.63) is 59.4 Å². The van der Waals surface area contributed by atoms with Crippen molar-refractivity contribution < 1.29 is 5.21 Å². The van der Waals surface area contributed by atoms with Crippen molar-refractivity contribution in [1.82, 2.24) is 4.98 Å². The number of rotatable bonds is 5. The van der Waals surface area contributed by atoms with E-state index in [9.17, 15) is 0 Å². The monoisotopic (exact) mass is 284 g/mol. The molecule has 0 aliphatic rings. The molecule has 0 aliphatic carbocycles. The average Bonchev–Trinajstić information content (AvgIpc) is 2.52. The molecule has 110 valence electrons. The van der Waals surface area contributed by atoms with Gasteiger partial charge in [0.15, 0.2) is 5.84 Å². The lowest BCUT2D eigenvalue weighted by Gasteiger charge is -2.24. The molecule has 0 fully saturated rings. The van der Waals surface area contributed by atoms with E-state index in [2.05, 4.69) is 15.0 Å². The van der Waals surface area contributed by atoms with Crippen molar-refractivity contribution in [2.45, 2.75) is 13.3 Å². The second-order valence-corrected chi connectivity index (χ2v) is 4.98. The standard InChI is InChI=1S/C16H20N4O/c1-12-4-3-5-14(16(17)19-21)15(12)20(2)11-8-13-6-9-18-10-7-13/h3-7,9-10,21H,8,11H2,1-2H3,(H2,17,19). The Morgan fingerprint density at radius 2 is 2.00 bits per heavy atom. The summed E-state index contributed by atoms with van der Waals surface area (Å²) in [7, 11) is 2.01. The Morgan fingerprint density at radius 1 is 1.29 bits per heavy atom. The Bertz CT molecular complexity index is 625. The molecular weight excluding hydrogens is 264 g/mol. The van der Waals surface area contributed by atoms with E-state index >= 15 is 0 Å². The van der Waals surface area contributed by atoms with E-state index in [4.69, 9.17) is 10.9 Å². The highest BCUT2D eigenvalue weighted by molar-refractivity contribution is 6.02. The lowest BCUT2D eigenvalue weighted by Crippen LogP contribution is -2.25. The Hall–Kier alpha value is -2.56. The van der Waals surface area contributed by atoms with Crippen LogP contribution < -0.4 is 10.6 Å². The molecule has 0 saturated carbocycles. The zero-order chi connectivity index (χ0) is 15.2. The molecule has 0 radical (unpaired) electrons. The molecule has 3 N–H and O–H groups in total. The molecule has 1 heterocycles. The summed E-state index contributed by atoms with van der Waals surface area (Å²) in [5, 5.41) is 12.1. The second kappa shape index (κ2) is 6.74. The van der Waals surface area contributed by atoms with Crippen LogP contribution in [0.15, 0.2) is 47.9 Å². The minimum absolute atomic E-state index is 0.129. The Morgan fingerprint density at radius 3 is 2.67 bits per heavy atom. The maximum atomic E-state index is 8.93. The third kappa shape index (κ3) is 3.51. The fourth-order valence-electron chi connectivity index (χ4n) is 2.38. The molecule has 0 unspecified atom stereocenters. The van der Waals surface area contributed by atoms with Crippen molar-refractivity contribution in [3.63, 3.8) is 0 Å². The van der Waals surface area contributed by atoms with E-state index in [1.54, 1.807) is 12.4 Å². The molecule has 0 saturated heterocycles. The van der Waals surface area contributed by atoms with E-state index in [1.165, 1.54) is 5.56 Å². The van der Waals surface area contributed by atoms with E-state index in [0.717, 1.165) is 29.8 Å². The molecule has 1 aromatic heterocycles. The maximum absolute atomic E-state index is 8.93. The number of para-hydroxylation sites is 1. The molecular formula is C16H20N4O. The number of likely N-dealkylation sites (N-methyl/N-ethyl adjacent to an activating group) is 1. The summed E-state index contributed by atoms with van der Waals surface area (Å²) in [6, 6.07) is 9.81. The van der Waals surface area contributed by atoms with E-state index in [-0.39, 0.29) is 5.84 Å². The quantitative estimate of drug-likeness (QED) is 0.382. The smallest absolute Gasteiger partial charge is 0.172 e. The highest BCUT2D eigenvalue weighted by Crippen LogP contribution is 2.24. The lowest BCUT2D eigenvalue weighted by atomic mass is 10.1. The number of hydrogen-bond acceptors (Lipinski definition) is 4. The van der Waals surface area contributed by atoms with Gasteiger partial charge in [0.25, 0.3) is 0 Å². The van der Waals surface area contributed by atoms with Gasteiger partial charge in [0, 0.05) is 31.5 Å². The molecule has 0 atom stereocenters. The van der Waals surface area contributed by atoms with Crippen LogP contribution in [-0.4, -0.2) is 29.6 Å². The largest absolute Gasteiger partial charge is 0.409 e. The maximum Gasteiger partial charge on any atom is 0.172 e. The Balaban J connectivity index is 2.21. The Labute approximate surface area is 124 Å². The average molecular weight is 284 g/mol. The number of benzene rings is 1. The zero-order valence-electron chi connectivity index (χ0n) is 12.3. The molecule has 2 rings (SSSR count). The van der Waals surface area contributed by atoms with Crippen molar-refractivity contribution in [2.75, 3.05) is 18.5 Å². The molecule has 0 spiro atoms. The van der Waals surface area contributed by atoms with Gasteiger partial charge in [0.2, 0.25) is 0 Å². The Kier molecular flexibility index (Phi) is 4.77. The minimum atomic E-state index is 0.129. The number of oxime groups is 1. The van der Waals surface area contributed by atoms with Gasteiger partial charge in [-0.3, -0.25) is 4.98 Å². The second-order valence-electron chi connectivity index (χ2n) is 4.98. The molecule has 0 bridgehead atoms. The summed E-state index contributed by atoms with van der Waals surface area (Å²) in [6.07, 6.45) is 4.50. The van der Waals surface area contributed by atoms with E-state index in [1.807, 2.05) is 44.3 Å². The van der Waals surface area contributed by atoms with E-state index < -0.39 is 0 Å². The highest BCUT2D eigenvalue weighted by Gasteiger charge is 2.13. The van der Waals surface area contributed by atoms with Gasteiger partial charge in [-0.1, -0.05) is 17.3 Å². The first-order valence-corrected chi connectivity index (χ1v) is 6.81. The number of aromatic nitrogens is 1. The number of pyridine rings is 1. The third-order valence-electron chi connectivity index (χ3n) is 3.49. The van der Waals surface area contributed by atoms with Crippen LogP contribution in [0.25, 0.3) is 0 Å². The van der Waals surface area contributed by atoms with Crippen LogP contribution in [-0.2, 0) is 6.42 Å². The van der Waals surface area contributed by atoms with Gasteiger partial charge in [0.05, 0.1) is 5.69 Å². The molecule has 1 aromatic carbocycles. The predicted octanol–water partition coefficient (Wildman–Crippen LogP) is 2.16. The van der Waals surface area contributed by atoms with Crippen molar-refractivity contribution >= 4 is 11.5 Å². The number of nitrogens with two attached hydrogens (primary N) is 1. The van der Waals surface area contributed by atoms with Gasteiger partial charge < -0.3 is 15.8 Å². The van der Waals surface area contributed by atoms with Crippen LogP contribution in [0, 0.1) is 6.92 Å². The third-order valence-corrected chi connectivity index (χ3v) is 3.49. The normalized spacial score (nSPS) is 11.4. The predicted molar refractivity (Wildman–Crippen MR) is 84.9 cm³/mol.